The highest BCUT2D eigenvalue weighted by atomic mass is 32.2. The van der Waals surface area contributed by atoms with Crippen LogP contribution in [0.25, 0.3) is 0 Å². The molecule has 0 aliphatic carbocycles. The van der Waals surface area contributed by atoms with Gasteiger partial charge in [-0.15, -0.1) is 0 Å². The molecule has 0 radical (unpaired) electrons. The Balaban J connectivity index is 3.07. The lowest BCUT2D eigenvalue weighted by Crippen LogP contribution is -2.11. The lowest BCUT2D eigenvalue weighted by atomic mass is 10.0. The zero-order valence-electron chi connectivity index (χ0n) is 10.7. The van der Waals surface area contributed by atoms with Crippen LogP contribution < -0.4 is 0 Å². The maximum absolute atomic E-state index is 10.7. The molecule has 0 amide bonds. The minimum absolute atomic E-state index is 0.127. The van der Waals surface area contributed by atoms with Gasteiger partial charge in [-0.1, -0.05) is 6.07 Å². The molecule has 1 aromatic rings. The number of nitro groups is 1. The number of benzene rings is 1. The van der Waals surface area contributed by atoms with Crippen molar-refractivity contribution in [2.45, 2.75) is 12.8 Å². The van der Waals surface area contributed by atoms with Crippen LogP contribution in [-0.2, 0) is 33.1 Å². The predicted octanol–water partition coefficient (Wildman–Crippen LogP) is 0.455. The standard InChI is InChI=1S/C10H13NO8S2/c12-11(13)10-2-1-8(3-5-20(14,15)16)9(7-10)4-6-21(17,18)19/h1-2,7H,3-6H2,(H,14,15,16)(H,17,18,19). The summed E-state index contributed by atoms with van der Waals surface area (Å²) in [6, 6.07) is 3.56. The summed E-state index contributed by atoms with van der Waals surface area (Å²) < 4.78 is 60.3. The maximum atomic E-state index is 10.7. The first-order valence-electron chi connectivity index (χ1n) is 5.64. The number of nitro benzene ring substituents is 1. The molecule has 0 unspecified atom stereocenters. The minimum atomic E-state index is -4.25. The number of hydrogen-bond donors (Lipinski definition) is 2. The average Bonchev–Trinajstić information content (AvgIpc) is 2.32. The lowest BCUT2D eigenvalue weighted by Gasteiger charge is -2.08. The monoisotopic (exact) mass is 339 g/mol. The number of nitrogens with zero attached hydrogens (tertiary/aromatic N) is 1. The molecular weight excluding hydrogens is 326 g/mol. The van der Waals surface area contributed by atoms with Crippen molar-refractivity contribution in [2.75, 3.05) is 11.5 Å². The molecule has 0 bridgehead atoms. The maximum Gasteiger partial charge on any atom is 0.269 e. The van der Waals surface area contributed by atoms with E-state index in [4.69, 9.17) is 9.11 Å². The molecule has 0 fully saturated rings. The number of non-ortho nitro benzene ring substituents is 1. The van der Waals surface area contributed by atoms with Crippen LogP contribution in [0.2, 0.25) is 0 Å². The molecule has 21 heavy (non-hydrogen) atoms. The summed E-state index contributed by atoms with van der Waals surface area (Å²) in [4.78, 5) is 10.0. The Kier molecular flexibility index (Phi) is 5.39. The van der Waals surface area contributed by atoms with Gasteiger partial charge in [0.1, 0.15) is 0 Å². The second-order valence-corrected chi connectivity index (χ2v) is 7.43. The van der Waals surface area contributed by atoms with Gasteiger partial charge >= 0.3 is 0 Å². The van der Waals surface area contributed by atoms with E-state index in [1.807, 2.05) is 0 Å². The topological polar surface area (TPSA) is 152 Å². The van der Waals surface area contributed by atoms with Crippen LogP contribution in [0.3, 0.4) is 0 Å². The molecule has 2 N–H and O–H groups in total. The molecule has 118 valence electrons. The Morgan fingerprint density at radius 1 is 0.952 bits per heavy atom. The first-order valence-corrected chi connectivity index (χ1v) is 8.86. The van der Waals surface area contributed by atoms with Crippen molar-refractivity contribution in [2.24, 2.45) is 0 Å². The highest BCUT2D eigenvalue weighted by Crippen LogP contribution is 2.20. The van der Waals surface area contributed by atoms with Gasteiger partial charge in [-0.2, -0.15) is 16.8 Å². The van der Waals surface area contributed by atoms with Crippen molar-refractivity contribution in [1.82, 2.24) is 0 Å². The van der Waals surface area contributed by atoms with E-state index >= 15 is 0 Å². The quantitative estimate of drug-likeness (QED) is 0.413. The first-order chi connectivity index (χ1) is 9.48. The van der Waals surface area contributed by atoms with E-state index in [1.165, 1.54) is 6.07 Å². The van der Waals surface area contributed by atoms with Gasteiger partial charge in [0.2, 0.25) is 0 Å². The van der Waals surface area contributed by atoms with E-state index in [0.717, 1.165) is 12.1 Å². The molecule has 0 saturated heterocycles. The highest BCUT2D eigenvalue weighted by molar-refractivity contribution is 7.86. The Morgan fingerprint density at radius 3 is 1.86 bits per heavy atom. The summed E-state index contributed by atoms with van der Waals surface area (Å²) in [6.07, 6.45) is -0.334. The smallest absolute Gasteiger partial charge is 0.269 e. The van der Waals surface area contributed by atoms with Crippen molar-refractivity contribution in [3.63, 3.8) is 0 Å². The van der Waals surface area contributed by atoms with E-state index in [9.17, 15) is 26.9 Å². The van der Waals surface area contributed by atoms with E-state index in [2.05, 4.69) is 0 Å². The van der Waals surface area contributed by atoms with Crippen LogP contribution >= 0.6 is 0 Å². The molecule has 0 aliphatic heterocycles. The Bertz CT molecular complexity index is 738. The van der Waals surface area contributed by atoms with Gasteiger partial charge in [0.15, 0.2) is 0 Å². The SMILES string of the molecule is O=[N+]([O-])c1ccc(CCS(=O)(=O)O)c(CCS(=O)(=O)O)c1. The molecule has 0 aromatic heterocycles. The zero-order chi connectivity index (χ0) is 16.3. The van der Waals surface area contributed by atoms with Crippen LogP contribution in [0.1, 0.15) is 11.1 Å². The van der Waals surface area contributed by atoms with Crippen molar-refractivity contribution in [3.05, 3.63) is 39.4 Å². The third kappa shape index (κ3) is 6.62. The van der Waals surface area contributed by atoms with E-state index < -0.39 is 36.7 Å². The van der Waals surface area contributed by atoms with Crippen LogP contribution in [-0.4, -0.2) is 42.4 Å². The van der Waals surface area contributed by atoms with Crippen LogP contribution in [0.4, 0.5) is 5.69 Å². The van der Waals surface area contributed by atoms with Gasteiger partial charge < -0.3 is 0 Å². The van der Waals surface area contributed by atoms with E-state index in [0.29, 0.717) is 5.56 Å². The molecule has 1 rings (SSSR count). The van der Waals surface area contributed by atoms with Crippen LogP contribution in [0.15, 0.2) is 18.2 Å². The third-order valence-electron chi connectivity index (χ3n) is 2.66. The molecule has 1 aromatic carbocycles. The average molecular weight is 339 g/mol. The summed E-state index contributed by atoms with van der Waals surface area (Å²) >= 11 is 0. The minimum Gasteiger partial charge on any atom is -0.286 e. The first kappa shape index (κ1) is 17.5. The number of aryl methyl sites for hydroxylation is 2. The fraction of sp³-hybridized carbons (Fsp3) is 0.400. The van der Waals surface area contributed by atoms with E-state index in [1.54, 1.807) is 0 Å². The largest absolute Gasteiger partial charge is 0.286 e. The van der Waals surface area contributed by atoms with Gasteiger partial charge in [0, 0.05) is 12.1 Å². The van der Waals surface area contributed by atoms with Gasteiger partial charge in [-0.05, 0) is 24.0 Å². The summed E-state index contributed by atoms with van der Waals surface area (Å²) in [5, 5.41) is 10.7. The van der Waals surface area contributed by atoms with E-state index in [-0.39, 0.29) is 24.1 Å². The summed E-state index contributed by atoms with van der Waals surface area (Å²) in [7, 11) is -8.46. The lowest BCUT2D eigenvalue weighted by molar-refractivity contribution is -0.384. The van der Waals surface area contributed by atoms with Crippen LogP contribution in [0, 0.1) is 10.1 Å². The van der Waals surface area contributed by atoms with Gasteiger partial charge in [-0.3, -0.25) is 19.2 Å². The zero-order valence-corrected chi connectivity index (χ0v) is 12.3. The highest BCUT2D eigenvalue weighted by Gasteiger charge is 2.15. The molecule has 0 heterocycles. The number of hydrogen-bond acceptors (Lipinski definition) is 6. The van der Waals surface area contributed by atoms with Gasteiger partial charge in [-0.25, -0.2) is 0 Å². The van der Waals surface area contributed by atoms with Crippen molar-refractivity contribution in [3.8, 4) is 0 Å². The summed E-state index contributed by atoms with van der Waals surface area (Å²) in [6.45, 7) is 0. The van der Waals surface area contributed by atoms with Crippen molar-refractivity contribution >= 4 is 25.9 Å². The summed E-state index contributed by atoms with van der Waals surface area (Å²) in [5.41, 5.74) is 0.295. The number of rotatable bonds is 7. The molecule has 0 aliphatic rings. The second kappa shape index (κ2) is 6.47. The molecule has 11 heteroatoms. The van der Waals surface area contributed by atoms with Gasteiger partial charge in [0.25, 0.3) is 25.9 Å². The molecular formula is C10H13NO8S2. The van der Waals surface area contributed by atoms with Crippen molar-refractivity contribution < 1.29 is 30.9 Å². The molecule has 0 saturated carbocycles. The second-order valence-electron chi connectivity index (χ2n) is 4.28. The fourth-order valence-electron chi connectivity index (χ4n) is 1.68. The van der Waals surface area contributed by atoms with Crippen molar-refractivity contribution in [1.29, 1.82) is 0 Å². The Labute approximate surface area is 121 Å². The summed E-state index contributed by atoms with van der Waals surface area (Å²) in [5.74, 6) is -1.24. The van der Waals surface area contributed by atoms with Gasteiger partial charge in [0.05, 0.1) is 16.4 Å². The fourth-order valence-corrected chi connectivity index (χ4v) is 2.64. The molecule has 9 nitrogen and oxygen atoms in total. The Hall–Kier alpha value is -1.56. The molecule has 0 atom stereocenters. The Morgan fingerprint density at radius 2 is 1.43 bits per heavy atom. The van der Waals surface area contributed by atoms with Crippen LogP contribution in [0.5, 0.6) is 0 Å². The molecule has 0 spiro atoms. The predicted molar refractivity (Wildman–Crippen MR) is 73.3 cm³/mol. The third-order valence-corrected chi connectivity index (χ3v) is 4.10. The normalized spacial score (nSPS) is 12.3.